The Morgan fingerprint density at radius 2 is 1.50 bits per heavy atom. The second kappa shape index (κ2) is 7.28. The maximum atomic E-state index is 12.4. The Balaban J connectivity index is 1.50. The van der Waals surface area contributed by atoms with Crippen molar-refractivity contribution >= 4 is 16.8 Å². The number of rotatable bonds is 5. The first-order chi connectivity index (χ1) is 12.8. The third kappa shape index (κ3) is 3.52. The second-order valence-corrected chi connectivity index (χ2v) is 6.37. The van der Waals surface area contributed by atoms with E-state index in [0.29, 0.717) is 12.1 Å². The van der Waals surface area contributed by atoms with E-state index in [4.69, 9.17) is 0 Å². The standard InChI is InChI=1S/C23H20N2O/c26-23(24-16-18-7-3-1-4-8-18)21-11-12-22-20(15-21)13-14-25(22)17-19-9-5-2-6-10-19/h1-15H,16-17H2,(H,24,26). The fourth-order valence-electron chi connectivity index (χ4n) is 3.14. The minimum absolute atomic E-state index is 0.0495. The second-order valence-electron chi connectivity index (χ2n) is 6.37. The molecule has 0 spiro atoms. The Hall–Kier alpha value is -3.33. The highest BCUT2D eigenvalue weighted by Gasteiger charge is 2.08. The molecule has 1 N–H and O–H groups in total. The molecule has 0 aliphatic rings. The van der Waals surface area contributed by atoms with Crippen molar-refractivity contribution in [2.24, 2.45) is 0 Å². The van der Waals surface area contributed by atoms with Crippen LogP contribution in [0.15, 0.2) is 91.1 Å². The Morgan fingerprint density at radius 3 is 2.23 bits per heavy atom. The normalized spacial score (nSPS) is 10.8. The molecule has 0 radical (unpaired) electrons. The molecular formula is C23H20N2O. The van der Waals surface area contributed by atoms with Crippen LogP contribution in [-0.2, 0) is 13.1 Å². The summed E-state index contributed by atoms with van der Waals surface area (Å²) < 4.78 is 2.20. The lowest BCUT2D eigenvalue weighted by atomic mass is 10.1. The molecule has 3 aromatic carbocycles. The fourth-order valence-corrected chi connectivity index (χ4v) is 3.14. The summed E-state index contributed by atoms with van der Waals surface area (Å²) >= 11 is 0. The first-order valence-corrected chi connectivity index (χ1v) is 8.74. The van der Waals surface area contributed by atoms with Gasteiger partial charge in [-0.15, -0.1) is 0 Å². The molecule has 4 rings (SSSR count). The van der Waals surface area contributed by atoms with Crippen molar-refractivity contribution in [3.8, 4) is 0 Å². The van der Waals surface area contributed by atoms with Crippen LogP contribution in [-0.4, -0.2) is 10.5 Å². The van der Waals surface area contributed by atoms with Crippen LogP contribution in [0.4, 0.5) is 0 Å². The van der Waals surface area contributed by atoms with Crippen molar-refractivity contribution < 1.29 is 4.79 Å². The van der Waals surface area contributed by atoms with Gasteiger partial charge in [-0.05, 0) is 35.4 Å². The number of fused-ring (bicyclic) bond motifs is 1. The number of aromatic nitrogens is 1. The molecule has 3 heteroatoms. The molecule has 0 saturated carbocycles. The van der Waals surface area contributed by atoms with E-state index in [-0.39, 0.29) is 5.91 Å². The van der Waals surface area contributed by atoms with Gasteiger partial charge in [-0.1, -0.05) is 60.7 Å². The fraction of sp³-hybridized carbons (Fsp3) is 0.0870. The van der Waals surface area contributed by atoms with Crippen LogP contribution in [0.3, 0.4) is 0 Å². The van der Waals surface area contributed by atoms with E-state index in [9.17, 15) is 4.79 Å². The topological polar surface area (TPSA) is 34.0 Å². The largest absolute Gasteiger partial charge is 0.348 e. The summed E-state index contributed by atoms with van der Waals surface area (Å²) in [7, 11) is 0. The van der Waals surface area contributed by atoms with Crippen LogP contribution in [0.25, 0.3) is 10.9 Å². The minimum Gasteiger partial charge on any atom is -0.348 e. The van der Waals surface area contributed by atoms with Crippen molar-refractivity contribution in [3.05, 3.63) is 108 Å². The molecule has 1 heterocycles. The van der Waals surface area contributed by atoms with E-state index in [0.717, 1.165) is 23.0 Å². The van der Waals surface area contributed by atoms with Gasteiger partial charge >= 0.3 is 0 Å². The smallest absolute Gasteiger partial charge is 0.251 e. The molecule has 0 bridgehead atoms. The number of nitrogens with zero attached hydrogens (tertiary/aromatic N) is 1. The van der Waals surface area contributed by atoms with Crippen molar-refractivity contribution in [2.75, 3.05) is 0 Å². The maximum Gasteiger partial charge on any atom is 0.251 e. The lowest BCUT2D eigenvalue weighted by Gasteiger charge is -2.08. The average molecular weight is 340 g/mol. The Kier molecular flexibility index (Phi) is 4.52. The molecule has 4 aromatic rings. The van der Waals surface area contributed by atoms with Gasteiger partial charge in [-0.25, -0.2) is 0 Å². The highest BCUT2D eigenvalue weighted by Crippen LogP contribution is 2.19. The number of benzene rings is 3. The van der Waals surface area contributed by atoms with Crippen molar-refractivity contribution in [1.82, 2.24) is 9.88 Å². The predicted octanol–water partition coefficient (Wildman–Crippen LogP) is 4.62. The van der Waals surface area contributed by atoms with Gasteiger partial charge in [0.25, 0.3) is 5.91 Å². The number of amides is 1. The van der Waals surface area contributed by atoms with Gasteiger partial charge in [0.05, 0.1) is 0 Å². The van der Waals surface area contributed by atoms with Crippen LogP contribution in [0.2, 0.25) is 0 Å². The van der Waals surface area contributed by atoms with Gasteiger partial charge < -0.3 is 9.88 Å². The number of hydrogen-bond acceptors (Lipinski definition) is 1. The quantitative estimate of drug-likeness (QED) is 0.565. The van der Waals surface area contributed by atoms with Crippen LogP contribution >= 0.6 is 0 Å². The Morgan fingerprint density at radius 1 is 0.808 bits per heavy atom. The van der Waals surface area contributed by atoms with E-state index in [1.54, 1.807) is 0 Å². The molecular weight excluding hydrogens is 320 g/mol. The summed E-state index contributed by atoms with van der Waals surface area (Å²) in [6.45, 7) is 1.36. The van der Waals surface area contributed by atoms with Crippen molar-refractivity contribution in [1.29, 1.82) is 0 Å². The zero-order chi connectivity index (χ0) is 17.8. The van der Waals surface area contributed by atoms with Crippen LogP contribution < -0.4 is 5.32 Å². The summed E-state index contributed by atoms with van der Waals surface area (Å²) in [5.41, 5.74) is 4.17. The van der Waals surface area contributed by atoms with Crippen molar-refractivity contribution in [3.63, 3.8) is 0 Å². The van der Waals surface area contributed by atoms with Gasteiger partial charge in [-0.2, -0.15) is 0 Å². The molecule has 0 saturated heterocycles. The first kappa shape index (κ1) is 16.2. The third-order valence-corrected chi connectivity index (χ3v) is 4.52. The van der Waals surface area contributed by atoms with Gasteiger partial charge in [0.15, 0.2) is 0 Å². The van der Waals surface area contributed by atoms with Gasteiger partial charge in [0.1, 0.15) is 0 Å². The predicted molar refractivity (Wildman–Crippen MR) is 105 cm³/mol. The highest BCUT2D eigenvalue weighted by atomic mass is 16.1. The van der Waals surface area contributed by atoms with Gasteiger partial charge in [0, 0.05) is 35.8 Å². The van der Waals surface area contributed by atoms with Crippen LogP contribution in [0, 0.1) is 0 Å². The molecule has 128 valence electrons. The van der Waals surface area contributed by atoms with Crippen LogP contribution in [0.1, 0.15) is 21.5 Å². The van der Waals surface area contributed by atoms with Crippen molar-refractivity contribution in [2.45, 2.75) is 13.1 Å². The zero-order valence-corrected chi connectivity index (χ0v) is 14.4. The monoisotopic (exact) mass is 340 g/mol. The molecule has 0 fully saturated rings. The molecule has 0 atom stereocenters. The van der Waals surface area contributed by atoms with E-state index in [1.807, 2.05) is 54.6 Å². The molecule has 26 heavy (non-hydrogen) atoms. The average Bonchev–Trinajstić information content (AvgIpc) is 3.10. The number of hydrogen-bond donors (Lipinski definition) is 1. The summed E-state index contributed by atoms with van der Waals surface area (Å²) in [6.07, 6.45) is 2.07. The van der Waals surface area contributed by atoms with E-state index >= 15 is 0 Å². The number of carbonyl (C=O) groups excluding carboxylic acids is 1. The lowest BCUT2D eigenvalue weighted by Crippen LogP contribution is -2.22. The van der Waals surface area contributed by atoms with E-state index in [1.165, 1.54) is 5.56 Å². The summed E-state index contributed by atoms with van der Waals surface area (Å²) in [6, 6.07) is 28.2. The molecule has 1 amide bonds. The number of nitrogens with one attached hydrogen (secondary N) is 1. The first-order valence-electron chi connectivity index (χ1n) is 8.74. The Labute approximate surface area is 152 Å². The lowest BCUT2D eigenvalue weighted by molar-refractivity contribution is 0.0951. The molecule has 0 aliphatic heterocycles. The molecule has 0 aliphatic carbocycles. The maximum absolute atomic E-state index is 12.4. The zero-order valence-electron chi connectivity index (χ0n) is 14.4. The minimum atomic E-state index is -0.0495. The van der Waals surface area contributed by atoms with Gasteiger partial charge in [-0.3, -0.25) is 4.79 Å². The van der Waals surface area contributed by atoms with Crippen LogP contribution in [0.5, 0.6) is 0 Å². The summed E-state index contributed by atoms with van der Waals surface area (Å²) in [4.78, 5) is 12.4. The van der Waals surface area contributed by atoms with E-state index < -0.39 is 0 Å². The SMILES string of the molecule is O=C(NCc1ccccc1)c1ccc2c(ccn2Cc2ccccc2)c1. The summed E-state index contributed by atoms with van der Waals surface area (Å²) in [5, 5.41) is 4.06. The number of carbonyl (C=O) groups is 1. The molecule has 1 aromatic heterocycles. The molecule has 3 nitrogen and oxygen atoms in total. The molecule has 0 unspecified atom stereocenters. The van der Waals surface area contributed by atoms with E-state index in [2.05, 4.69) is 46.4 Å². The summed E-state index contributed by atoms with van der Waals surface area (Å²) in [5.74, 6) is -0.0495. The highest BCUT2D eigenvalue weighted by molar-refractivity contribution is 5.98. The van der Waals surface area contributed by atoms with Gasteiger partial charge in [0.2, 0.25) is 0 Å². The third-order valence-electron chi connectivity index (χ3n) is 4.52. The Bertz CT molecular complexity index is 1020.